The van der Waals surface area contributed by atoms with Gasteiger partial charge in [0.05, 0.1) is 16.3 Å². The Morgan fingerprint density at radius 3 is 1.95 bits per heavy atom. The van der Waals surface area contributed by atoms with Crippen molar-refractivity contribution in [3.05, 3.63) is 53.0 Å². The molecule has 0 aliphatic carbocycles. The summed E-state index contributed by atoms with van der Waals surface area (Å²) >= 11 is 3.26. The van der Waals surface area contributed by atoms with Crippen molar-refractivity contribution in [2.45, 2.75) is 9.79 Å². The molecular formula is C14H13BrN2O3S. The van der Waals surface area contributed by atoms with Crippen LogP contribution in [0.5, 0.6) is 0 Å². The molecule has 0 spiro atoms. The minimum absolute atomic E-state index is 0.126. The Morgan fingerprint density at radius 1 is 1.00 bits per heavy atom. The first-order valence-electron chi connectivity index (χ1n) is 6.04. The highest BCUT2D eigenvalue weighted by Crippen LogP contribution is 2.23. The maximum atomic E-state index is 12.4. The van der Waals surface area contributed by atoms with E-state index < -0.39 is 9.84 Å². The first kappa shape index (κ1) is 15.7. The number of carbonyl (C=O) groups excluding carboxylic acids is 1. The van der Waals surface area contributed by atoms with Gasteiger partial charge in [-0.3, -0.25) is 4.79 Å². The lowest BCUT2D eigenvalue weighted by atomic mass is 10.3. The van der Waals surface area contributed by atoms with Crippen LogP contribution < -0.4 is 11.1 Å². The van der Waals surface area contributed by atoms with Gasteiger partial charge in [-0.15, -0.1) is 0 Å². The second-order valence-electron chi connectivity index (χ2n) is 4.23. The Labute approximate surface area is 131 Å². The maximum absolute atomic E-state index is 12.4. The molecule has 2 rings (SSSR count). The number of carbonyl (C=O) groups is 1. The van der Waals surface area contributed by atoms with Crippen molar-refractivity contribution in [2.24, 2.45) is 5.73 Å². The van der Waals surface area contributed by atoms with Crippen molar-refractivity contribution < 1.29 is 13.2 Å². The van der Waals surface area contributed by atoms with Crippen molar-refractivity contribution >= 4 is 37.4 Å². The van der Waals surface area contributed by atoms with Crippen molar-refractivity contribution in [1.29, 1.82) is 0 Å². The lowest BCUT2D eigenvalue weighted by Gasteiger charge is -2.07. The van der Waals surface area contributed by atoms with Crippen LogP contribution in [-0.4, -0.2) is 20.9 Å². The fourth-order valence-corrected chi connectivity index (χ4v) is 3.20. The van der Waals surface area contributed by atoms with E-state index in [1.807, 2.05) is 0 Å². The monoisotopic (exact) mass is 368 g/mol. The number of halogens is 1. The van der Waals surface area contributed by atoms with Crippen LogP contribution in [0.3, 0.4) is 0 Å². The van der Waals surface area contributed by atoms with E-state index in [1.54, 1.807) is 12.1 Å². The average molecular weight is 369 g/mol. The topological polar surface area (TPSA) is 89.3 Å². The number of nitrogens with one attached hydrogen (secondary N) is 1. The van der Waals surface area contributed by atoms with Gasteiger partial charge in [0.2, 0.25) is 15.7 Å². The molecule has 0 radical (unpaired) electrons. The van der Waals surface area contributed by atoms with E-state index in [4.69, 9.17) is 5.73 Å². The number of nitrogens with two attached hydrogens (primary N) is 1. The molecular weight excluding hydrogens is 356 g/mol. The largest absolute Gasteiger partial charge is 0.325 e. The summed E-state index contributed by atoms with van der Waals surface area (Å²) in [6.07, 6.45) is 0. The summed E-state index contributed by atoms with van der Waals surface area (Å²) < 4.78 is 25.6. The van der Waals surface area contributed by atoms with Crippen molar-refractivity contribution in [3.8, 4) is 0 Å². The Balaban J connectivity index is 2.29. The third-order valence-corrected chi connectivity index (χ3v) is 5.07. The summed E-state index contributed by atoms with van der Waals surface area (Å²) in [6.45, 7) is -0.126. The molecule has 110 valence electrons. The zero-order chi connectivity index (χ0) is 15.5. The summed E-state index contributed by atoms with van der Waals surface area (Å²) in [6, 6.07) is 12.4. The standard InChI is InChI=1S/C14H13BrN2O3S/c15-10-1-5-12(6-2-10)21(19,20)13-7-3-11(4-8-13)17-14(18)9-16/h1-8H,9,16H2,(H,17,18). The Kier molecular flexibility index (Phi) is 4.76. The third kappa shape index (κ3) is 3.69. The van der Waals surface area contributed by atoms with Crippen LogP contribution in [-0.2, 0) is 14.6 Å². The summed E-state index contributed by atoms with van der Waals surface area (Å²) in [5.74, 6) is -0.335. The van der Waals surface area contributed by atoms with E-state index >= 15 is 0 Å². The highest BCUT2D eigenvalue weighted by atomic mass is 79.9. The van der Waals surface area contributed by atoms with Crippen LogP contribution in [0.15, 0.2) is 62.8 Å². The zero-order valence-electron chi connectivity index (χ0n) is 10.9. The van der Waals surface area contributed by atoms with Crippen LogP contribution in [0.4, 0.5) is 5.69 Å². The molecule has 7 heteroatoms. The molecule has 0 aliphatic rings. The van der Waals surface area contributed by atoms with Gasteiger partial charge in [-0.2, -0.15) is 0 Å². The van der Waals surface area contributed by atoms with Gasteiger partial charge >= 0.3 is 0 Å². The highest BCUT2D eigenvalue weighted by Gasteiger charge is 2.17. The van der Waals surface area contributed by atoms with Crippen molar-refractivity contribution in [2.75, 3.05) is 11.9 Å². The Hall–Kier alpha value is -1.70. The fourth-order valence-electron chi connectivity index (χ4n) is 1.68. The predicted octanol–water partition coefficient (Wildman–Crippen LogP) is 2.18. The van der Waals surface area contributed by atoms with E-state index in [-0.39, 0.29) is 22.2 Å². The van der Waals surface area contributed by atoms with Gasteiger partial charge in [0.15, 0.2) is 0 Å². The third-order valence-electron chi connectivity index (χ3n) is 2.76. The van der Waals surface area contributed by atoms with Crippen LogP contribution >= 0.6 is 15.9 Å². The van der Waals surface area contributed by atoms with Gasteiger partial charge in [-0.25, -0.2) is 8.42 Å². The maximum Gasteiger partial charge on any atom is 0.238 e. The summed E-state index contributed by atoms with van der Waals surface area (Å²) in [4.78, 5) is 11.5. The molecule has 0 saturated heterocycles. The molecule has 3 N–H and O–H groups in total. The number of amides is 1. The van der Waals surface area contributed by atoms with E-state index in [9.17, 15) is 13.2 Å². The minimum Gasteiger partial charge on any atom is -0.325 e. The number of anilines is 1. The van der Waals surface area contributed by atoms with Gasteiger partial charge in [-0.05, 0) is 48.5 Å². The lowest BCUT2D eigenvalue weighted by Crippen LogP contribution is -2.21. The predicted molar refractivity (Wildman–Crippen MR) is 83.7 cm³/mol. The quantitative estimate of drug-likeness (QED) is 0.865. The Morgan fingerprint density at radius 2 is 1.48 bits per heavy atom. The van der Waals surface area contributed by atoms with Gasteiger partial charge < -0.3 is 11.1 Å². The fraction of sp³-hybridized carbons (Fsp3) is 0.0714. The Bertz CT molecular complexity index is 741. The molecule has 0 saturated carbocycles. The molecule has 0 aliphatic heterocycles. The molecule has 2 aromatic rings. The molecule has 2 aromatic carbocycles. The van der Waals surface area contributed by atoms with Crippen LogP contribution in [0.1, 0.15) is 0 Å². The first-order valence-corrected chi connectivity index (χ1v) is 8.32. The molecule has 1 amide bonds. The first-order chi connectivity index (χ1) is 9.93. The molecule has 0 atom stereocenters. The van der Waals surface area contributed by atoms with Crippen molar-refractivity contribution in [1.82, 2.24) is 0 Å². The summed E-state index contributed by atoms with van der Waals surface area (Å²) in [5, 5.41) is 2.55. The van der Waals surface area contributed by atoms with Crippen LogP contribution in [0, 0.1) is 0 Å². The van der Waals surface area contributed by atoms with Crippen LogP contribution in [0.2, 0.25) is 0 Å². The van der Waals surface area contributed by atoms with E-state index in [1.165, 1.54) is 36.4 Å². The van der Waals surface area contributed by atoms with Crippen LogP contribution in [0.25, 0.3) is 0 Å². The number of benzene rings is 2. The molecule has 5 nitrogen and oxygen atoms in total. The number of sulfone groups is 1. The zero-order valence-corrected chi connectivity index (χ0v) is 13.3. The van der Waals surface area contributed by atoms with Gasteiger partial charge in [0.1, 0.15) is 0 Å². The molecule has 0 unspecified atom stereocenters. The molecule has 0 bridgehead atoms. The molecule has 0 heterocycles. The van der Waals surface area contributed by atoms with E-state index in [0.717, 1.165) is 4.47 Å². The van der Waals surface area contributed by atoms with E-state index in [2.05, 4.69) is 21.2 Å². The number of hydrogen-bond donors (Lipinski definition) is 2. The highest BCUT2D eigenvalue weighted by molar-refractivity contribution is 9.10. The number of rotatable bonds is 4. The molecule has 0 fully saturated rings. The van der Waals surface area contributed by atoms with E-state index in [0.29, 0.717) is 5.69 Å². The van der Waals surface area contributed by atoms with Gasteiger partial charge in [0.25, 0.3) is 0 Å². The minimum atomic E-state index is -3.56. The summed E-state index contributed by atoms with van der Waals surface area (Å²) in [7, 11) is -3.56. The average Bonchev–Trinajstić information content (AvgIpc) is 2.48. The van der Waals surface area contributed by atoms with Gasteiger partial charge in [-0.1, -0.05) is 15.9 Å². The number of hydrogen-bond acceptors (Lipinski definition) is 4. The lowest BCUT2D eigenvalue weighted by molar-refractivity contribution is -0.114. The second kappa shape index (κ2) is 6.38. The van der Waals surface area contributed by atoms with Crippen molar-refractivity contribution in [3.63, 3.8) is 0 Å². The molecule has 21 heavy (non-hydrogen) atoms. The SMILES string of the molecule is NCC(=O)Nc1ccc(S(=O)(=O)c2ccc(Br)cc2)cc1. The second-order valence-corrected chi connectivity index (χ2v) is 7.10. The molecule has 0 aromatic heterocycles. The smallest absolute Gasteiger partial charge is 0.238 e. The van der Waals surface area contributed by atoms with Gasteiger partial charge in [0, 0.05) is 10.2 Å². The normalized spacial score (nSPS) is 11.1. The summed E-state index contributed by atoms with van der Waals surface area (Å²) in [5.41, 5.74) is 5.70.